The fraction of sp³-hybridized carbons (Fsp3) is 1.00. The van der Waals surface area contributed by atoms with Crippen LogP contribution in [0.4, 0.5) is 0 Å². The first kappa shape index (κ1) is 11.1. The van der Waals surface area contributed by atoms with Crippen molar-refractivity contribution in [3.05, 3.63) is 0 Å². The van der Waals surface area contributed by atoms with E-state index in [1.54, 1.807) is 0 Å². The summed E-state index contributed by atoms with van der Waals surface area (Å²) in [5.41, 5.74) is 0. The van der Waals surface area contributed by atoms with Gasteiger partial charge in [0.15, 0.2) is 0 Å². The molecule has 0 bridgehead atoms. The molecule has 0 spiro atoms. The maximum absolute atomic E-state index is 4.94. The predicted octanol–water partition coefficient (Wildman–Crippen LogP) is 3.35. The van der Waals surface area contributed by atoms with Crippen LogP contribution in [0.3, 0.4) is 0 Å². The van der Waals surface area contributed by atoms with Gasteiger partial charge in [-0.25, -0.2) is 0 Å². The maximum Gasteiger partial charge on any atom is 0.266 e. The number of alkyl halides is 4. The summed E-state index contributed by atoms with van der Waals surface area (Å²) >= 11 is 19.3. The van der Waals surface area contributed by atoms with E-state index in [-0.39, 0.29) is 0 Å². The number of hydrogen-bond acceptors (Lipinski definition) is 1. The Morgan fingerprint density at radius 2 is 1.20 bits per heavy atom. The van der Waals surface area contributed by atoms with Crippen molar-refractivity contribution in [2.45, 2.75) is 16.1 Å². The average molecular weight is 226 g/mol. The molecule has 0 amide bonds. The van der Waals surface area contributed by atoms with Crippen molar-refractivity contribution in [1.29, 1.82) is 0 Å². The van der Waals surface area contributed by atoms with Gasteiger partial charge in [-0.05, 0) is 12.8 Å². The van der Waals surface area contributed by atoms with Crippen molar-refractivity contribution in [1.82, 2.24) is 0 Å². The van der Waals surface area contributed by atoms with Gasteiger partial charge in [0.05, 0.1) is 0 Å². The molecule has 1 rings (SSSR count). The van der Waals surface area contributed by atoms with Crippen LogP contribution in [-0.2, 0) is 4.74 Å². The molecule has 0 aromatic rings. The summed E-state index contributed by atoms with van der Waals surface area (Å²) in [7, 11) is 0. The van der Waals surface area contributed by atoms with Crippen molar-refractivity contribution in [3.63, 3.8) is 0 Å². The van der Waals surface area contributed by atoms with Crippen molar-refractivity contribution in [2.24, 2.45) is 0 Å². The lowest BCUT2D eigenvalue weighted by molar-refractivity contribution is 0.198. The van der Waals surface area contributed by atoms with Crippen molar-refractivity contribution in [2.75, 3.05) is 13.2 Å². The summed E-state index contributed by atoms with van der Waals surface area (Å²) in [6.45, 7) is 2.00. The van der Waals surface area contributed by atoms with E-state index in [0.717, 1.165) is 13.2 Å². The van der Waals surface area contributed by atoms with Crippen LogP contribution < -0.4 is 0 Å². The van der Waals surface area contributed by atoms with Gasteiger partial charge >= 0.3 is 0 Å². The van der Waals surface area contributed by atoms with E-state index in [9.17, 15) is 0 Å². The van der Waals surface area contributed by atoms with Gasteiger partial charge < -0.3 is 4.74 Å². The van der Waals surface area contributed by atoms with Crippen LogP contribution in [0.5, 0.6) is 0 Å². The molecule has 62 valence electrons. The highest BCUT2D eigenvalue weighted by atomic mass is 35.6. The SMILES string of the molecule is C1CCOC1.ClC(Cl)(Cl)Cl. The van der Waals surface area contributed by atoms with E-state index in [0.29, 0.717) is 0 Å². The maximum atomic E-state index is 4.94. The topological polar surface area (TPSA) is 9.23 Å². The van der Waals surface area contributed by atoms with Gasteiger partial charge in [0.25, 0.3) is 3.25 Å². The van der Waals surface area contributed by atoms with Gasteiger partial charge in [-0.15, -0.1) is 0 Å². The summed E-state index contributed by atoms with van der Waals surface area (Å²) < 4.78 is 3.33. The number of halogens is 4. The van der Waals surface area contributed by atoms with Gasteiger partial charge in [-0.2, -0.15) is 0 Å². The van der Waals surface area contributed by atoms with E-state index < -0.39 is 3.25 Å². The molecule has 1 aliphatic heterocycles. The molecule has 0 radical (unpaired) electrons. The molecule has 0 unspecified atom stereocenters. The minimum atomic E-state index is -1.61. The lowest BCUT2D eigenvalue weighted by Crippen LogP contribution is -1.81. The predicted molar refractivity (Wildman–Crippen MR) is 46.2 cm³/mol. The lowest BCUT2D eigenvalue weighted by Gasteiger charge is -1.91. The molecule has 1 nitrogen and oxygen atoms in total. The summed E-state index contributed by atoms with van der Waals surface area (Å²) in [6, 6.07) is 0. The molecule has 1 fully saturated rings. The molecule has 1 saturated heterocycles. The molecule has 0 aliphatic carbocycles. The van der Waals surface area contributed by atoms with E-state index in [2.05, 4.69) is 0 Å². The Hall–Kier alpha value is 1.12. The molecular weight excluding hydrogens is 218 g/mol. The van der Waals surface area contributed by atoms with Crippen LogP contribution in [0.15, 0.2) is 0 Å². The normalized spacial score (nSPS) is 18.0. The second-order valence-electron chi connectivity index (χ2n) is 1.75. The Morgan fingerprint density at radius 1 is 0.900 bits per heavy atom. The summed E-state index contributed by atoms with van der Waals surface area (Å²) in [5.74, 6) is 0. The van der Waals surface area contributed by atoms with E-state index in [1.165, 1.54) is 12.8 Å². The Labute approximate surface area is 80.5 Å². The zero-order valence-corrected chi connectivity index (χ0v) is 8.27. The minimum Gasteiger partial charge on any atom is -0.381 e. The van der Waals surface area contributed by atoms with Gasteiger partial charge in [-0.1, -0.05) is 46.4 Å². The fourth-order valence-corrected chi connectivity index (χ4v) is 0.510. The molecule has 5 heteroatoms. The van der Waals surface area contributed by atoms with Gasteiger partial charge in [0, 0.05) is 13.2 Å². The van der Waals surface area contributed by atoms with Gasteiger partial charge in [0.2, 0.25) is 0 Å². The van der Waals surface area contributed by atoms with Crippen LogP contribution in [0.1, 0.15) is 12.8 Å². The highest BCUT2D eigenvalue weighted by molar-refractivity contribution is 6.83. The summed E-state index contributed by atoms with van der Waals surface area (Å²) in [5, 5.41) is 0. The van der Waals surface area contributed by atoms with Crippen LogP contribution in [-0.4, -0.2) is 16.5 Å². The lowest BCUT2D eigenvalue weighted by atomic mass is 10.4. The Bertz CT molecular complexity index is 62.6. The Morgan fingerprint density at radius 3 is 1.30 bits per heavy atom. The zero-order chi connectivity index (χ0) is 8.04. The summed E-state index contributed by atoms with van der Waals surface area (Å²) in [6.07, 6.45) is 2.56. The van der Waals surface area contributed by atoms with E-state index in [1.807, 2.05) is 0 Å². The van der Waals surface area contributed by atoms with E-state index in [4.69, 9.17) is 51.1 Å². The molecule has 0 saturated carbocycles. The third kappa shape index (κ3) is 16.1. The molecule has 0 aromatic carbocycles. The number of hydrogen-bond donors (Lipinski definition) is 0. The molecule has 0 N–H and O–H groups in total. The standard InChI is InChI=1S/C4H8O.CCl4/c1-2-4-5-3-1;2-1(3,4)5/h1-4H2;. The van der Waals surface area contributed by atoms with Crippen LogP contribution in [0, 0.1) is 0 Å². The number of rotatable bonds is 0. The van der Waals surface area contributed by atoms with Crippen LogP contribution in [0.25, 0.3) is 0 Å². The first-order valence-electron chi connectivity index (χ1n) is 2.83. The molecule has 0 aromatic heterocycles. The minimum absolute atomic E-state index is 1.00. The largest absolute Gasteiger partial charge is 0.381 e. The fourth-order valence-electron chi connectivity index (χ4n) is 0.510. The molecule has 1 heterocycles. The first-order chi connectivity index (χ1) is 4.50. The Balaban J connectivity index is 0.000000162. The summed E-state index contributed by atoms with van der Waals surface area (Å²) in [4.78, 5) is 0. The van der Waals surface area contributed by atoms with Crippen LogP contribution in [0.2, 0.25) is 0 Å². The third-order valence-corrected chi connectivity index (χ3v) is 0.827. The second-order valence-corrected chi connectivity index (χ2v) is 5.18. The smallest absolute Gasteiger partial charge is 0.266 e. The van der Waals surface area contributed by atoms with Crippen molar-refractivity contribution >= 4 is 46.4 Å². The highest BCUT2D eigenvalue weighted by Gasteiger charge is 2.11. The van der Waals surface area contributed by atoms with Crippen molar-refractivity contribution in [3.8, 4) is 0 Å². The first-order valence-corrected chi connectivity index (χ1v) is 4.35. The molecule has 1 aliphatic rings. The van der Waals surface area contributed by atoms with Gasteiger partial charge in [0.1, 0.15) is 0 Å². The third-order valence-electron chi connectivity index (χ3n) is 0.827. The Kier molecular flexibility index (Phi) is 6.37. The van der Waals surface area contributed by atoms with Crippen LogP contribution >= 0.6 is 46.4 Å². The second kappa shape index (κ2) is 5.73. The van der Waals surface area contributed by atoms with Crippen molar-refractivity contribution < 1.29 is 4.74 Å². The molecule has 0 atom stereocenters. The molecular formula is C5H8Cl4O. The highest BCUT2D eigenvalue weighted by Crippen LogP contribution is 2.29. The molecule has 10 heavy (non-hydrogen) atoms. The monoisotopic (exact) mass is 224 g/mol. The number of ether oxygens (including phenoxy) is 1. The quantitative estimate of drug-likeness (QED) is 0.575. The van der Waals surface area contributed by atoms with Gasteiger partial charge in [-0.3, -0.25) is 0 Å². The average Bonchev–Trinajstić information content (AvgIpc) is 2.07. The zero-order valence-electron chi connectivity index (χ0n) is 5.25. The van der Waals surface area contributed by atoms with E-state index >= 15 is 0 Å².